The Bertz CT molecular complexity index is 767. The van der Waals surface area contributed by atoms with Crippen molar-refractivity contribution in [3.05, 3.63) is 52.4 Å². The fourth-order valence-corrected chi connectivity index (χ4v) is 3.08. The first kappa shape index (κ1) is 15.6. The Kier molecular flexibility index (Phi) is 4.62. The lowest BCUT2D eigenvalue weighted by Gasteiger charge is -2.03. The quantitative estimate of drug-likeness (QED) is 0.745. The molecule has 0 aliphatic carbocycles. The van der Waals surface area contributed by atoms with Gasteiger partial charge in [-0.3, -0.25) is 4.79 Å². The average molecular weight is 330 g/mol. The highest BCUT2D eigenvalue weighted by Gasteiger charge is 2.12. The topological polar surface area (TPSA) is 68.3 Å². The van der Waals surface area contributed by atoms with Crippen molar-refractivity contribution in [3.8, 4) is 10.6 Å². The summed E-state index contributed by atoms with van der Waals surface area (Å²) < 4.78 is 10.8. The van der Waals surface area contributed by atoms with E-state index in [1.165, 1.54) is 0 Å². The summed E-state index contributed by atoms with van der Waals surface area (Å²) in [6.07, 6.45) is 1.03. The molecule has 0 radical (unpaired) electrons. The molecule has 0 atom stereocenters. The molecule has 0 spiro atoms. The molecular weight excluding hydrogens is 312 g/mol. The molecule has 3 heterocycles. The molecule has 3 aromatic rings. The largest absolute Gasteiger partial charge is 0.458 e. The first-order chi connectivity index (χ1) is 11.1. The zero-order valence-corrected chi connectivity index (χ0v) is 13.9. The van der Waals surface area contributed by atoms with Crippen molar-refractivity contribution in [2.75, 3.05) is 0 Å². The van der Waals surface area contributed by atoms with Gasteiger partial charge in [0.1, 0.15) is 17.3 Å². The standard InChI is InChI=1S/C17H18N2O3S/c1-11-14(12(2)22-19-11)6-8-17(20)18-10-13-5-7-15(21-13)16-4-3-9-23-16/h3-5,7,9H,6,8,10H2,1-2H3,(H,18,20). The minimum absolute atomic E-state index is 0.0147. The Morgan fingerprint density at radius 3 is 2.87 bits per heavy atom. The van der Waals surface area contributed by atoms with Crippen molar-refractivity contribution >= 4 is 17.2 Å². The molecule has 0 aliphatic rings. The van der Waals surface area contributed by atoms with Gasteiger partial charge >= 0.3 is 0 Å². The molecule has 0 fully saturated rings. The predicted octanol–water partition coefficient (Wildman–Crippen LogP) is 3.86. The lowest BCUT2D eigenvalue weighted by atomic mass is 10.1. The summed E-state index contributed by atoms with van der Waals surface area (Å²) in [5, 5.41) is 8.78. The second-order valence-corrected chi connectivity index (χ2v) is 6.27. The van der Waals surface area contributed by atoms with Crippen molar-refractivity contribution in [3.63, 3.8) is 0 Å². The van der Waals surface area contributed by atoms with E-state index in [1.807, 2.05) is 43.5 Å². The van der Waals surface area contributed by atoms with Crippen LogP contribution >= 0.6 is 11.3 Å². The van der Waals surface area contributed by atoms with Crippen molar-refractivity contribution in [1.82, 2.24) is 10.5 Å². The van der Waals surface area contributed by atoms with E-state index >= 15 is 0 Å². The predicted molar refractivity (Wildman–Crippen MR) is 88.2 cm³/mol. The molecule has 0 saturated carbocycles. The number of aryl methyl sites for hydroxylation is 2. The minimum atomic E-state index is -0.0147. The Balaban J connectivity index is 1.49. The van der Waals surface area contributed by atoms with Crippen molar-refractivity contribution in [2.45, 2.75) is 33.2 Å². The number of thiophene rings is 1. The summed E-state index contributed by atoms with van der Waals surface area (Å²) in [4.78, 5) is 13.1. The molecule has 23 heavy (non-hydrogen) atoms. The van der Waals surface area contributed by atoms with Gasteiger partial charge in [-0.2, -0.15) is 0 Å². The summed E-state index contributed by atoms with van der Waals surface area (Å²) in [5.74, 6) is 2.35. The van der Waals surface area contributed by atoms with Crippen LogP contribution in [0.2, 0.25) is 0 Å². The van der Waals surface area contributed by atoms with E-state index in [0.717, 1.165) is 33.4 Å². The average Bonchev–Trinajstić information content (AvgIpc) is 3.25. The zero-order valence-electron chi connectivity index (χ0n) is 13.1. The third-order valence-electron chi connectivity index (χ3n) is 3.67. The summed E-state index contributed by atoms with van der Waals surface area (Å²) in [7, 11) is 0. The number of amides is 1. The molecule has 0 bridgehead atoms. The normalized spacial score (nSPS) is 10.9. The number of hydrogen-bond acceptors (Lipinski definition) is 5. The van der Waals surface area contributed by atoms with E-state index in [1.54, 1.807) is 11.3 Å². The molecule has 0 unspecified atom stereocenters. The number of nitrogens with zero attached hydrogens (tertiary/aromatic N) is 1. The number of carbonyl (C=O) groups excluding carboxylic acids is 1. The SMILES string of the molecule is Cc1noc(C)c1CCC(=O)NCc1ccc(-c2cccs2)o1. The van der Waals surface area contributed by atoms with Crippen LogP contribution in [0.1, 0.15) is 29.2 Å². The number of carbonyl (C=O) groups is 1. The number of rotatable bonds is 6. The molecule has 0 aliphatic heterocycles. The number of nitrogens with one attached hydrogen (secondary N) is 1. The smallest absolute Gasteiger partial charge is 0.220 e. The fraction of sp³-hybridized carbons (Fsp3) is 0.294. The molecule has 3 aromatic heterocycles. The maximum atomic E-state index is 12.0. The highest BCUT2D eigenvalue weighted by molar-refractivity contribution is 7.13. The van der Waals surface area contributed by atoms with E-state index < -0.39 is 0 Å². The van der Waals surface area contributed by atoms with E-state index in [4.69, 9.17) is 8.94 Å². The van der Waals surface area contributed by atoms with Crippen LogP contribution in [0.25, 0.3) is 10.6 Å². The fourth-order valence-electron chi connectivity index (χ4n) is 2.40. The van der Waals surface area contributed by atoms with Crippen LogP contribution in [0, 0.1) is 13.8 Å². The molecule has 1 N–H and O–H groups in total. The van der Waals surface area contributed by atoms with Crippen LogP contribution in [0.4, 0.5) is 0 Å². The van der Waals surface area contributed by atoms with Crippen molar-refractivity contribution in [2.24, 2.45) is 0 Å². The van der Waals surface area contributed by atoms with Crippen LogP contribution in [0.3, 0.4) is 0 Å². The van der Waals surface area contributed by atoms with Crippen LogP contribution in [0.5, 0.6) is 0 Å². The van der Waals surface area contributed by atoms with E-state index in [0.29, 0.717) is 19.4 Å². The van der Waals surface area contributed by atoms with Crippen molar-refractivity contribution < 1.29 is 13.7 Å². The van der Waals surface area contributed by atoms with Crippen LogP contribution in [-0.2, 0) is 17.8 Å². The van der Waals surface area contributed by atoms with Gasteiger partial charge in [-0.15, -0.1) is 11.3 Å². The number of furan rings is 1. The maximum Gasteiger partial charge on any atom is 0.220 e. The number of aromatic nitrogens is 1. The van der Waals surface area contributed by atoms with Gasteiger partial charge in [0.15, 0.2) is 0 Å². The summed E-state index contributed by atoms with van der Waals surface area (Å²) in [6, 6.07) is 7.81. The van der Waals surface area contributed by atoms with Crippen LogP contribution in [0.15, 0.2) is 38.6 Å². The number of hydrogen-bond donors (Lipinski definition) is 1. The van der Waals surface area contributed by atoms with Crippen molar-refractivity contribution in [1.29, 1.82) is 0 Å². The molecule has 0 saturated heterocycles. The van der Waals surface area contributed by atoms with Gasteiger partial charge in [0.25, 0.3) is 0 Å². The first-order valence-corrected chi connectivity index (χ1v) is 8.32. The third kappa shape index (κ3) is 3.71. The van der Waals surface area contributed by atoms with Gasteiger partial charge in [0, 0.05) is 12.0 Å². The Labute approximate surface area is 138 Å². The summed E-state index contributed by atoms with van der Waals surface area (Å²) >= 11 is 1.63. The summed E-state index contributed by atoms with van der Waals surface area (Å²) in [6.45, 7) is 4.15. The summed E-state index contributed by atoms with van der Waals surface area (Å²) in [5.41, 5.74) is 1.86. The molecule has 3 rings (SSSR count). The maximum absolute atomic E-state index is 12.0. The molecule has 5 nitrogen and oxygen atoms in total. The van der Waals surface area contributed by atoms with Gasteiger partial charge in [-0.25, -0.2) is 0 Å². The van der Waals surface area contributed by atoms with E-state index in [-0.39, 0.29) is 5.91 Å². The van der Waals surface area contributed by atoms with Gasteiger partial charge in [-0.1, -0.05) is 11.2 Å². The second kappa shape index (κ2) is 6.83. The van der Waals surface area contributed by atoms with Gasteiger partial charge < -0.3 is 14.3 Å². The first-order valence-electron chi connectivity index (χ1n) is 7.44. The lowest BCUT2D eigenvalue weighted by Crippen LogP contribution is -2.22. The van der Waals surface area contributed by atoms with E-state index in [9.17, 15) is 4.79 Å². The Hall–Kier alpha value is -2.34. The van der Waals surface area contributed by atoms with Gasteiger partial charge in [-0.05, 0) is 43.8 Å². The second-order valence-electron chi connectivity index (χ2n) is 5.32. The Morgan fingerprint density at radius 2 is 2.17 bits per heavy atom. The van der Waals surface area contributed by atoms with Gasteiger partial charge in [0.05, 0.1) is 17.1 Å². The lowest BCUT2D eigenvalue weighted by molar-refractivity contribution is -0.121. The van der Waals surface area contributed by atoms with Gasteiger partial charge in [0.2, 0.25) is 5.91 Å². The molecule has 6 heteroatoms. The zero-order chi connectivity index (χ0) is 16.2. The highest BCUT2D eigenvalue weighted by Crippen LogP contribution is 2.26. The third-order valence-corrected chi connectivity index (χ3v) is 4.55. The van der Waals surface area contributed by atoms with Crippen LogP contribution < -0.4 is 5.32 Å². The molecular formula is C17H18N2O3S. The molecule has 1 amide bonds. The van der Waals surface area contributed by atoms with Crippen LogP contribution in [-0.4, -0.2) is 11.1 Å². The Morgan fingerprint density at radius 1 is 1.30 bits per heavy atom. The monoisotopic (exact) mass is 330 g/mol. The minimum Gasteiger partial charge on any atom is -0.458 e. The van der Waals surface area contributed by atoms with E-state index in [2.05, 4.69) is 10.5 Å². The molecule has 120 valence electrons. The highest BCUT2D eigenvalue weighted by atomic mass is 32.1. The molecule has 0 aromatic carbocycles.